The second-order valence-corrected chi connectivity index (χ2v) is 9.75. The standard InChI is InChI=1S/C29H34N2O/c1-20-9-3-6-12-25(20)28(26-13-7-4-10-21(26)2)31-23-15-16-24(31)18-29(32,17-23)27-14-8-5-11-22(27)19-30/h3-14,23-24,28,32H,15-19,30H2,1-2H3. The Bertz CT molecular complexity index is 1050. The molecule has 2 aliphatic heterocycles. The van der Waals surface area contributed by atoms with Crippen LogP contribution in [0.5, 0.6) is 0 Å². The highest BCUT2D eigenvalue weighted by Crippen LogP contribution is 2.51. The third kappa shape index (κ3) is 3.59. The van der Waals surface area contributed by atoms with E-state index in [0.29, 0.717) is 18.6 Å². The van der Waals surface area contributed by atoms with Gasteiger partial charge in [-0.25, -0.2) is 0 Å². The molecule has 3 nitrogen and oxygen atoms in total. The third-order valence-corrected chi connectivity index (χ3v) is 7.83. The third-order valence-electron chi connectivity index (χ3n) is 7.83. The highest BCUT2D eigenvalue weighted by molar-refractivity contribution is 5.42. The van der Waals surface area contributed by atoms with E-state index in [4.69, 9.17) is 5.73 Å². The number of hydrogen-bond acceptors (Lipinski definition) is 3. The number of rotatable bonds is 5. The van der Waals surface area contributed by atoms with Crippen molar-refractivity contribution in [3.63, 3.8) is 0 Å². The molecule has 2 bridgehead atoms. The van der Waals surface area contributed by atoms with Crippen molar-refractivity contribution in [3.05, 3.63) is 106 Å². The van der Waals surface area contributed by atoms with Crippen LogP contribution < -0.4 is 5.73 Å². The molecule has 2 fully saturated rings. The molecule has 2 unspecified atom stereocenters. The minimum atomic E-state index is -0.805. The summed E-state index contributed by atoms with van der Waals surface area (Å²) < 4.78 is 0. The molecule has 2 atom stereocenters. The van der Waals surface area contributed by atoms with Gasteiger partial charge < -0.3 is 10.8 Å². The van der Waals surface area contributed by atoms with Crippen molar-refractivity contribution in [1.82, 2.24) is 4.90 Å². The summed E-state index contributed by atoms with van der Waals surface area (Å²) in [5, 5.41) is 11.9. The van der Waals surface area contributed by atoms with Gasteiger partial charge in [0.2, 0.25) is 0 Å². The van der Waals surface area contributed by atoms with Crippen molar-refractivity contribution in [2.24, 2.45) is 5.73 Å². The second kappa shape index (κ2) is 8.47. The van der Waals surface area contributed by atoms with Crippen LogP contribution in [0.4, 0.5) is 0 Å². The fourth-order valence-electron chi connectivity index (χ4n) is 6.33. The summed E-state index contributed by atoms with van der Waals surface area (Å²) in [5.74, 6) is 0. The molecule has 0 aromatic heterocycles. The van der Waals surface area contributed by atoms with Crippen LogP contribution in [0.15, 0.2) is 72.8 Å². The Morgan fingerprint density at radius 1 is 0.844 bits per heavy atom. The monoisotopic (exact) mass is 426 g/mol. The molecule has 0 radical (unpaired) electrons. The lowest BCUT2D eigenvalue weighted by Gasteiger charge is -2.48. The van der Waals surface area contributed by atoms with Crippen LogP contribution in [-0.4, -0.2) is 22.1 Å². The van der Waals surface area contributed by atoms with Gasteiger partial charge in [0, 0.05) is 18.6 Å². The quantitative estimate of drug-likeness (QED) is 0.577. The Labute approximate surface area is 191 Å². The van der Waals surface area contributed by atoms with E-state index in [-0.39, 0.29) is 6.04 Å². The summed E-state index contributed by atoms with van der Waals surface area (Å²) in [7, 11) is 0. The molecule has 32 heavy (non-hydrogen) atoms. The molecule has 3 aromatic rings. The van der Waals surface area contributed by atoms with Gasteiger partial charge in [-0.05, 0) is 72.9 Å². The smallest absolute Gasteiger partial charge is 0.0929 e. The van der Waals surface area contributed by atoms with Gasteiger partial charge in [-0.15, -0.1) is 0 Å². The zero-order valence-electron chi connectivity index (χ0n) is 19.2. The number of aliphatic hydroxyl groups is 1. The summed E-state index contributed by atoms with van der Waals surface area (Å²) in [5.41, 5.74) is 12.8. The normalized spacial score (nSPS) is 25.4. The van der Waals surface area contributed by atoms with Gasteiger partial charge in [-0.2, -0.15) is 0 Å². The van der Waals surface area contributed by atoms with Crippen molar-refractivity contribution < 1.29 is 5.11 Å². The molecule has 0 spiro atoms. The van der Waals surface area contributed by atoms with Gasteiger partial charge in [-0.3, -0.25) is 4.90 Å². The molecular weight excluding hydrogens is 392 g/mol. The zero-order chi connectivity index (χ0) is 22.3. The van der Waals surface area contributed by atoms with Crippen LogP contribution in [-0.2, 0) is 12.1 Å². The molecule has 0 saturated carbocycles. The summed E-state index contributed by atoms with van der Waals surface area (Å²) in [6, 6.07) is 26.7. The van der Waals surface area contributed by atoms with E-state index in [1.54, 1.807) is 0 Å². The Morgan fingerprint density at radius 2 is 1.34 bits per heavy atom. The zero-order valence-corrected chi connectivity index (χ0v) is 19.2. The van der Waals surface area contributed by atoms with Gasteiger partial charge >= 0.3 is 0 Å². The first kappa shape index (κ1) is 21.4. The van der Waals surface area contributed by atoms with Crippen LogP contribution in [0.1, 0.15) is 65.1 Å². The summed E-state index contributed by atoms with van der Waals surface area (Å²) in [6.45, 7) is 4.91. The number of hydrogen-bond donors (Lipinski definition) is 2. The van der Waals surface area contributed by atoms with Crippen LogP contribution in [0.25, 0.3) is 0 Å². The van der Waals surface area contributed by atoms with Crippen molar-refractivity contribution in [3.8, 4) is 0 Å². The maximum absolute atomic E-state index is 11.9. The number of fused-ring (bicyclic) bond motifs is 2. The van der Waals surface area contributed by atoms with E-state index < -0.39 is 5.60 Å². The van der Waals surface area contributed by atoms with Crippen LogP contribution in [0.2, 0.25) is 0 Å². The van der Waals surface area contributed by atoms with Gasteiger partial charge in [0.15, 0.2) is 0 Å². The van der Waals surface area contributed by atoms with Gasteiger partial charge in [-0.1, -0.05) is 72.8 Å². The lowest BCUT2D eigenvalue weighted by atomic mass is 9.77. The Morgan fingerprint density at radius 3 is 1.88 bits per heavy atom. The highest BCUT2D eigenvalue weighted by atomic mass is 16.3. The first-order valence-electron chi connectivity index (χ1n) is 11.9. The van der Waals surface area contributed by atoms with E-state index in [1.807, 2.05) is 12.1 Å². The lowest BCUT2D eigenvalue weighted by molar-refractivity contribution is -0.0663. The Hall–Kier alpha value is -2.46. The van der Waals surface area contributed by atoms with Crippen molar-refractivity contribution in [2.75, 3.05) is 0 Å². The molecule has 5 rings (SSSR count). The van der Waals surface area contributed by atoms with Crippen LogP contribution in [0, 0.1) is 13.8 Å². The second-order valence-electron chi connectivity index (χ2n) is 9.75. The maximum Gasteiger partial charge on any atom is 0.0929 e. The molecule has 2 aliphatic rings. The maximum atomic E-state index is 11.9. The highest BCUT2D eigenvalue weighted by Gasteiger charge is 2.51. The van der Waals surface area contributed by atoms with E-state index >= 15 is 0 Å². The molecule has 0 amide bonds. The minimum absolute atomic E-state index is 0.212. The molecule has 166 valence electrons. The van der Waals surface area contributed by atoms with Crippen molar-refractivity contribution in [2.45, 2.75) is 69.8 Å². The number of nitrogens with two attached hydrogens (primary N) is 1. The average Bonchev–Trinajstić information content (AvgIpc) is 3.07. The predicted octanol–water partition coefficient (Wildman–Crippen LogP) is 5.37. The van der Waals surface area contributed by atoms with Gasteiger partial charge in [0.25, 0.3) is 0 Å². The van der Waals surface area contributed by atoms with E-state index in [2.05, 4.69) is 79.4 Å². The number of nitrogens with zero attached hydrogens (tertiary/aromatic N) is 1. The van der Waals surface area contributed by atoms with E-state index in [0.717, 1.165) is 36.8 Å². The molecule has 2 heterocycles. The van der Waals surface area contributed by atoms with E-state index in [1.165, 1.54) is 22.3 Å². The van der Waals surface area contributed by atoms with Gasteiger partial charge in [0.05, 0.1) is 11.6 Å². The van der Waals surface area contributed by atoms with Gasteiger partial charge in [0.1, 0.15) is 0 Å². The van der Waals surface area contributed by atoms with Crippen molar-refractivity contribution in [1.29, 1.82) is 0 Å². The summed E-state index contributed by atoms with van der Waals surface area (Å²) in [6.07, 6.45) is 3.78. The first-order valence-corrected chi connectivity index (χ1v) is 11.9. The molecule has 0 aliphatic carbocycles. The number of piperidine rings is 1. The molecule has 3 aromatic carbocycles. The topological polar surface area (TPSA) is 49.5 Å². The van der Waals surface area contributed by atoms with E-state index in [9.17, 15) is 5.11 Å². The number of benzene rings is 3. The fourth-order valence-corrected chi connectivity index (χ4v) is 6.33. The molecule has 3 heteroatoms. The number of aryl methyl sites for hydroxylation is 2. The summed E-state index contributed by atoms with van der Waals surface area (Å²) >= 11 is 0. The van der Waals surface area contributed by atoms with Crippen molar-refractivity contribution >= 4 is 0 Å². The van der Waals surface area contributed by atoms with Crippen LogP contribution >= 0.6 is 0 Å². The fraction of sp³-hybridized carbons (Fsp3) is 0.379. The lowest BCUT2D eigenvalue weighted by Crippen LogP contribution is -2.51. The largest absolute Gasteiger partial charge is 0.385 e. The van der Waals surface area contributed by atoms with Crippen LogP contribution in [0.3, 0.4) is 0 Å². The Balaban J connectivity index is 1.57. The SMILES string of the molecule is Cc1ccccc1C(c1ccccc1C)N1C2CCC1CC(O)(c1ccccc1CN)C2. The minimum Gasteiger partial charge on any atom is -0.385 e. The Kier molecular flexibility index (Phi) is 5.66. The average molecular weight is 427 g/mol. The molecular formula is C29H34N2O. The predicted molar refractivity (Wildman–Crippen MR) is 130 cm³/mol. The molecule has 2 saturated heterocycles. The molecule has 3 N–H and O–H groups in total. The first-order chi connectivity index (χ1) is 15.5. The summed E-state index contributed by atoms with van der Waals surface area (Å²) in [4.78, 5) is 2.73.